The van der Waals surface area contributed by atoms with Crippen LogP contribution in [0.5, 0.6) is 0 Å². The molecule has 1 aliphatic rings. The van der Waals surface area contributed by atoms with E-state index in [0.29, 0.717) is 30.2 Å². The van der Waals surface area contributed by atoms with Gasteiger partial charge in [-0.1, -0.05) is 30.7 Å². The van der Waals surface area contributed by atoms with Gasteiger partial charge in [-0.25, -0.2) is 9.48 Å². The Hall–Kier alpha value is -2.01. The SMILES string of the molecule is CCOC(=O)c1c(CC)nn2c1N[C@@H](c1ccc(Cl)cc1)C2. The Labute approximate surface area is 134 Å². The van der Waals surface area contributed by atoms with Gasteiger partial charge in [-0.2, -0.15) is 5.10 Å². The van der Waals surface area contributed by atoms with Gasteiger partial charge >= 0.3 is 5.97 Å². The van der Waals surface area contributed by atoms with E-state index in [0.717, 1.165) is 17.1 Å². The van der Waals surface area contributed by atoms with Gasteiger partial charge in [0, 0.05) is 5.02 Å². The maximum atomic E-state index is 12.2. The number of halogens is 1. The molecule has 0 bridgehead atoms. The summed E-state index contributed by atoms with van der Waals surface area (Å²) in [6.45, 7) is 4.82. The fourth-order valence-corrected chi connectivity index (χ4v) is 2.85. The van der Waals surface area contributed by atoms with Gasteiger partial charge < -0.3 is 10.1 Å². The molecule has 5 nitrogen and oxygen atoms in total. The van der Waals surface area contributed by atoms with Crippen LogP contribution in [0.15, 0.2) is 24.3 Å². The Morgan fingerprint density at radius 2 is 2.14 bits per heavy atom. The van der Waals surface area contributed by atoms with Crippen LogP contribution in [0.2, 0.25) is 5.02 Å². The molecule has 0 saturated heterocycles. The van der Waals surface area contributed by atoms with Crippen LogP contribution in [0.4, 0.5) is 5.82 Å². The van der Waals surface area contributed by atoms with Crippen LogP contribution in [0.25, 0.3) is 0 Å². The number of aryl methyl sites for hydroxylation is 1. The van der Waals surface area contributed by atoms with Crippen molar-refractivity contribution in [2.75, 3.05) is 11.9 Å². The van der Waals surface area contributed by atoms with Gasteiger partial charge in [-0.3, -0.25) is 0 Å². The quantitative estimate of drug-likeness (QED) is 0.877. The average Bonchev–Trinajstić information content (AvgIpc) is 3.05. The molecule has 1 aliphatic heterocycles. The van der Waals surface area contributed by atoms with Crippen molar-refractivity contribution in [3.05, 3.63) is 46.1 Å². The summed E-state index contributed by atoms with van der Waals surface area (Å²) in [4.78, 5) is 12.2. The lowest BCUT2D eigenvalue weighted by atomic mass is 10.1. The van der Waals surface area contributed by atoms with Crippen LogP contribution in [-0.4, -0.2) is 22.4 Å². The predicted molar refractivity (Wildman–Crippen MR) is 85.4 cm³/mol. The molecule has 1 atom stereocenters. The lowest BCUT2D eigenvalue weighted by Crippen LogP contribution is -2.12. The zero-order chi connectivity index (χ0) is 15.7. The van der Waals surface area contributed by atoms with Gasteiger partial charge in [-0.05, 0) is 31.0 Å². The number of anilines is 1. The molecule has 0 amide bonds. The van der Waals surface area contributed by atoms with Crippen LogP contribution in [0.3, 0.4) is 0 Å². The van der Waals surface area contributed by atoms with Gasteiger partial charge in [-0.15, -0.1) is 0 Å². The number of hydrogen-bond acceptors (Lipinski definition) is 4. The number of carbonyl (C=O) groups excluding carboxylic acids is 1. The van der Waals surface area contributed by atoms with E-state index in [1.54, 1.807) is 6.92 Å². The third-order valence-electron chi connectivity index (χ3n) is 3.78. The highest BCUT2D eigenvalue weighted by atomic mass is 35.5. The number of fused-ring (bicyclic) bond motifs is 1. The number of aromatic nitrogens is 2. The van der Waals surface area contributed by atoms with E-state index in [1.165, 1.54) is 0 Å². The van der Waals surface area contributed by atoms with E-state index in [1.807, 2.05) is 35.9 Å². The molecule has 1 N–H and O–H groups in total. The largest absolute Gasteiger partial charge is 0.462 e. The lowest BCUT2D eigenvalue weighted by molar-refractivity contribution is 0.0526. The molecule has 2 heterocycles. The minimum Gasteiger partial charge on any atom is -0.462 e. The first-order chi connectivity index (χ1) is 10.6. The van der Waals surface area contributed by atoms with Crippen molar-refractivity contribution < 1.29 is 9.53 Å². The van der Waals surface area contributed by atoms with Crippen LogP contribution in [-0.2, 0) is 17.7 Å². The molecule has 22 heavy (non-hydrogen) atoms. The van der Waals surface area contributed by atoms with Crippen LogP contribution < -0.4 is 5.32 Å². The van der Waals surface area contributed by atoms with E-state index < -0.39 is 0 Å². The standard InChI is InChI=1S/C16H18ClN3O2/c1-3-12-14(16(21)22-4-2)15-18-13(9-20(15)19-12)10-5-7-11(17)8-6-10/h5-8,13,18H,3-4,9H2,1-2H3/t13-/m1/s1. The number of nitrogens with zero attached hydrogens (tertiary/aromatic N) is 2. The highest BCUT2D eigenvalue weighted by Gasteiger charge is 2.31. The summed E-state index contributed by atoms with van der Waals surface area (Å²) in [5.41, 5.74) is 2.44. The zero-order valence-corrected chi connectivity index (χ0v) is 13.4. The average molecular weight is 320 g/mol. The lowest BCUT2D eigenvalue weighted by Gasteiger charge is -2.12. The number of nitrogens with one attached hydrogen (secondary N) is 1. The van der Waals surface area contributed by atoms with Crippen molar-refractivity contribution in [2.24, 2.45) is 0 Å². The molecule has 6 heteroatoms. The number of carbonyl (C=O) groups is 1. The number of benzene rings is 1. The van der Waals surface area contributed by atoms with Crippen LogP contribution in [0.1, 0.15) is 41.5 Å². The number of ether oxygens (including phenoxy) is 1. The molecule has 3 rings (SSSR count). The summed E-state index contributed by atoms with van der Waals surface area (Å²) < 4.78 is 7.01. The second-order valence-electron chi connectivity index (χ2n) is 5.17. The fourth-order valence-electron chi connectivity index (χ4n) is 2.72. The van der Waals surface area contributed by atoms with Crippen molar-refractivity contribution in [1.82, 2.24) is 9.78 Å². The second kappa shape index (κ2) is 6.01. The summed E-state index contributed by atoms with van der Waals surface area (Å²) in [5.74, 6) is 0.431. The van der Waals surface area contributed by atoms with E-state index in [4.69, 9.17) is 16.3 Å². The van der Waals surface area contributed by atoms with E-state index in [-0.39, 0.29) is 12.0 Å². The van der Waals surface area contributed by atoms with Crippen molar-refractivity contribution >= 4 is 23.4 Å². The first-order valence-electron chi connectivity index (χ1n) is 7.42. The molecule has 1 aromatic heterocycles. The molecular formula is C16H18ClN3O2. The Morgan fingerprint density at radius 3 is 2.77 bits per heavy atom. The van der Waals surface area contributed by atoms with Gasteiger partial charge in [0.2, 0.25) is 0 Å². The summed E-state index contributed by atoms with van der Waals surface area (Å²) >= 11 is 5.93. The summed E-state index contributed by atoms with van der Waals surface area (Å²) in [6, 6.07) is 7.78. The molecule has 0 saturated carbocycles. The first kappa shape index (κ1) is 14.9. The van der Waals surface area contributed by atoms with Gasteiger partial charge in [0.05, 0.1) is 24.9 Å². The summed E-state index contributed by atoms with van der Waals surface area (Å²) in [6.07, 6.45) is 0.696. The van der Waals surface area contributed by atoms with Gasteiger partial charge in [0.1, 0.15) is 11.4 Å². The molecular weight excluding hydrogens is 302 g/mol. The molecule has 0 spiro atoms. The first-order valence-corrected chi connectivity index (χ1v) is 7.80. The highest BCUT2D eigenvalue weighted by Crippen LogP contribution is 2.34. The number of rotatable bonds is 4. The third-order valence-corrected chi connectivity index (χ3v) is 4.03. The molecule has 2 aromatic rings. The summed E-state index contributed by atoms with van der Waals surface area (Å²) in [5, 5.41) is 8.63. The zero-order valence-electron chi connectivity index (χ0n) is 12.6. The molecule has 0 fully saturated rings. The monoisotopic (exact) mass is 319 g/mol. The number of hydrogen-bond donors (Lipinski definition) is 1. The minimum absolute atomic E-state index is 0.0823. The topological polar surface area (TPSA) is 56.1 Å². The third kappa shape index (κ3) is 2.57. The molecule has 0 aliphatic carbocycles. The summed E-state index contributed by atoms with van der Waals surface area (Å²) in [7, 11) is 0. The fraction of sp³-hybridized carbons (Fsp3) is 0.375. The molecule has 0 unspecified atom stereocenters. The van der Waals surface area contributed by atoms with Crippen molar-refractivity contribution in [3.8, 4) is 0 Å². The smallest absolute Gasteiger partial charge is 0.343 e. The van der Waals surface area contributed by atoms with Crippen molar-refractivity contribution in [3.63, 3.8) is 0 Å². The second-order valence-corrected chi connectivity index (χ2v) is 5.61. The van der Waals surface area contributed by atoms with E-state index >= 15 is 0 Å². The normalized spacial score (nSPS) is 16.2. The van der Waals surface area contributed by atoms with E-state index in [2.05, 4.69) is 10.4 Å². The van der Waals surface area contributed by atoms with Gasteiger partial charge in [0.15, 0.2) is 0 Å². The van der Waals surface area contributed by atoms with Crippen molar-refractivity contribution in [1.29, 1.82) is 0 Å². The van der Waals surface area contributed by atoms with E-state index in [9.17, 15) is 4.79 Å². The predicted octanol–water partition coefficient (Wildman–Crippen LogP) is 3.44. The molecule has 1 aromatic carbocycles. The maximum absolute atomic E-state index is 12.2. The Balaban J connectivity index is 1.90. The molecule has 0 radical (unpaired) electrons. The minimum atomic E-state index is -0.315. The number of esters is 1. The highest BCUT2D eigenvalue weighted by molar-refractivity contribution is 6.30. The van der Waals surface area contributed by atoms with Crippen LogP contribution in [0, 0.1) is 0 Å². The Kier molecular flexibility index (Phi) is 4.07. The van der Waals surface area contributed by atoms with Crippen molar-refractivity contribution in [2.45, 2.75) is 32.9 Å². The Morgan fingerprint density at radius 1 is 1.41 bits per heavy atom. The van der Waals surface area contributed by atoms with Crippen LogP contribution >= 0.6 is 11.6 Å². The Bertz CT molecular complexity index is 694. The van der Waals surface area contributed by atoms with Gasteiger partial charge in [0.25, 0.3) is 0 Å². The molecule has 116 valence electrons. The maximum Gasteiger partial charge on any atom is 0.343 e.